The highest BCUT2D eigenvalue weighted by Crippen LogP contribution is 2.65. The number of phenols is 1. The van der Waals surface area contributed by atoms with Crippen LogP contribution in [0.3, 0.4) is 0 Å². The van der Waals surface area contributed by atoms with Crippen LogP contribution in [0.5, 0.6) is 11.5 Å². The first-order chi connectivity index (χ1) is 13.5. The van der Waals surface area contributed by atoms with Gasteiger partial charge < -0.3 is 19.9 Å². The highest BCUT2D eigenvalue weighted by Gasteiger charge is 2.65. The first-order valence-electron chi connectivity index (χ1n) is 9.93. The Morgan fingerprint density at radius 1 is 1.39 bits per heavy atom. The minimum Gasteiger partial charge on any atom is -0.504 e. The topological polar surface area (TPSA) is 71.0 Å². The van der Waals surface area contributed by atoms with E-state index in [-0.39, 0.29) is 28.6 Å². The van der Waals surface area contributed by atoms with Crippen LogP contribution < -0.4 is 10.1 Å². The van der Waals surface area contributed by atoms with Gasteiger partial charge in [0.2, 0.25) is 0 Å². The smallest absolute Gasteiger partial charge is 0.335 e. The van der Waals surface area contributed by atoms with Crippen LogP contribution in [0.4, 0.5) is 5.69 Å². The second-order valence-corrected chi connectivity index (χ2v) is 8.32. The summed E-state index contributed by atoms with van der Waals surface area (Å²) >= 11 is 0. The molecule has 4 aliphatic rings. The van der Waals surface area contributed by atoms with Crippen LogP contribution in [0, 0.1) is 5.41 Å². The maximum atomic E-state index is 12.8. The fraction of sp³-hybridized carbons (Fsp3) is 0.500. The van der Waals surface area contributed by atoms with E-state index in [9.17, 15) is 9.90 Å². The molecule has 1 saturated heterocycles. The molecule has 3 heterocycles. The molecule has 2 N–H and O–H groups in total. The molecule has 148 valence electrons. The van der Waals surface area contributed by atoms with Crippen molar-refractivity contribution in [1.82, 2.24) is 4.90 Å². The SMILES string of the molecule is CC[C@]12C=CCN3CC[C@]4(C(=C(C(=O)OC)C1)Nc1cc(OC)c(O)cc14)[C@@H]32. The number of hydrogen-bond acceptors (Lipinski definition) is 6. The second-order valence-electron chi connectivity index (χ2n) is 8.32. The van der Waals surface area contributed by atoms with Gasteiger partial charge in [0, 0.05) is 42.0 Å². The lowest BCUT2D eigenvalue weighted by molar-refractivity contribution is -0.137. The third-order valence-corrected chi connectivity index (χ3v) is 7.36. The van der Waals surface area contributed by atoms with E-state index in [0.29, 0.717) is 12.2 Å². The van der Waals surface area contributed by atoms with Crippen LogP contribution in [-0.4, -0.2) is 49.3 Å². The maximum Gasteiger partial charge on any atom is 0.335 e. The number of hydrogen-bond donors (Lipinski definition) is 2. The van der Waals surface area contributed by atoms with Crippen LogP contribution >= 0.6 is 0 Å². The number of benzene rings is 1. The molecule has 6 nitrogen and oxygen atoms in total. The van der Waals surface area contributed by atoms with Gasteiger partial charge in [-0.25, -0.2) is 4.79 Å². The Bertz CT molecular complexity index is 937. The Hall–Kier alpha value is -2.47. The van der Waals surface area contributed by atoms with E-state index >= 15 is 0 Å². The zero-order valence-corrected chi connectivity index (χ0v) is 16.5. The fourth-order valence-corrected chi connectivity index (χ4v) is 6.24. The van der Waals surface area contributed by atoms with Gasteiger partial charge >= 0.3 is 5.97 Å². The summed E-state index contributed by atoms with van der Waals surface area (Å²) in [6.07, 6.45) is 7.07. The normalized spacial score (nSPS) is 32.5. The number of ether oxygens (including phenoxy) is 2. The molecule has 0 radical (unpaired) electrons. The predicted octanol–water partition coefficient (Wildman–Crippen LogP) is 2.94. The molecule has 0 bridgehead atoms. The van der Waals surface area contributed by atoms with Gasteiger partial charge in [0.05, 0.1) is 25.2 Å². The van der Waals surface area contributed by atoms with Gasteiger partial charge in [0.1, 0.15) is 0 Å². The molecule has 3 atom stereocenters. The van der Waals surface area contributed by atoms with Crippen molar-refractivity contribution in [2.24, 2.45) is 5.41 Å². The molecule has 6 heteroatoms. The fourth-order valence-electron chi connectivity index (χ4n) is 6.24. The van der Waals surface area contributed by atoms with Crippen LogP contribution in [0.25, 0.3) is 0 Å². The van der Waals surface area contributed by atoms with Crippen LogP contribution in [0.2, 0.25) is 0 Å². The summed E-state index contributed by atoms with van der Waals surface area (Å²) < 4.78 is 10.5. The third kappa shape index (κ3) is 1.94. The number of esters is 1. The molecule has 28 heavy (non-hydrogen) atoms. The summed E-state index contributed by atoms with van der Waals surface area (Å²) in [5, 5.41) is 14.1. The lowest BCUT2D eigenvalue weighted by Gasteiger charge is -2.53. The average Bonchev–Trinajstić information content (AvgIpc) is 3.26. The highest BCUT2D eigenvalue weighted by molar-refractivity contribution is 5.93. The van der Waals surface area contributed by atoms with E-state index in [1.165, 1.54) is 7.11 Å². The Kier molecular flexibility index (Phi) is 3.63. The molecule has 5 rings (SSSR count). The standard InChI is InChI=1S/C22H26N2O4/c1-4-21-6-5-8-24-9-7-22(20(21)24)14-10-16(25)17(27-2)11-15(14)23-18(22)13(12-21)19(26)28-3/h5-6,10-11,20,23,25H,4,7-9,12H2,1-3H3/t20-,21-,22-/m0/s1. The van der Waals surface area contributed by atoms with Gasteiger partial charge in [-0.15, -0.1) is 0 Å². The monoisotopic (exact) mass is 382 g/mol. The van der Waals surface area contributed by atoms with E-state index in [2.05, 4.69) is 29.3 Å². The van der Waals surface area contributed by atoms with Gasteiger partial charge in [-0.05, 0) is 30.9 Å². The molecule has 1 fully saturated rings. The van der Waals surface area contributed by atoms with E-state index < -0.39 is 0 Å². The van der Waals surface area contributed by atoms with Crippen LogP contribution in [0.1, 0.15) is 31.7 Å². The lowest BCUT2D eigenvalue weighted by atomic mass is 9.55. The van der Waals surface area contributed by atoms with E-state index in [1.807, 2.05) is 12.1 Å². The maximum absolute atomic E-state index is 12.8. The Morgan fingerprint density at radius 2 is 2.21 bits per heavy atom. The number of phenolic OH excluding ortho intramolecular Hbond substituents is 1. The largest absolute Gasteiger partial charge is 0.504 e. The summed E-state index contributed by atoms with van der Waals surface area (Å²) in [4.78, 5) is 15.4. The molecule has 0 aromatic heterocycles. The number of carbonyl (C=O) groups is 1. The Morgan fingerprint density at radius 3 is 2.93 bits per heavy atom. The van der Waals surface area contributed by atoms with Gasteiger partial charge in [-0.3, -0.25) is 4.90 Å². The van der Waals surface area contributed by atoms with Crippen LogP contribution in [-0.2, 0) is 14.9 Å². The second kappa shape index (κ2) is 5.77. The molecule has 0 amide bonds. The average molecular weight is 382 g/mol. The van der Waals surface area contributed by atoms with E-state index in [4.69, 9.17) is 9.47 Å². The zero-order chi connectivity index (χ0) is 19.7. The van der Waals surface area contributed by atoms with Crippen molar-refractivity contribution >= 4 is 11.7 Å². The summed E-state index contributed by atoms with van der Waals surface area (Å²) in [5.41, 5.74) is 3.18. The summed E-state index contributed by atoms with van der Waals surface area (Å²) in [7, 11) is 2.99. The van der Waals surface area contributed by atoms with Crippen molar-refractivity contribution in [3.63, 3.8) is 0 Å². The number of carbonyl (C=O) groups excluding carboxylic acids is 1. The molecule has 1 spiro atoms. The lowest BCUT2D eigenvalue weighted by Crippen LogP contribution is -2.58. The summed E-state index contributed by atoms with van der Waals surface area (Å²) in [6.45, 7) is 4.09. The number of anilines is 1. The number of rotatable bonds is 3. The van der Waals surface area contributed by atoms with Crippen molar-refractivity contribution in [3.05, 3.63) is 41.1 Å². The first-order valence-corrected chi connectivity index (χ1v) is 9.93. The molecule has 1 aromatic carbocycles. The van der Waals surface area contributed by atoms with Crippen LogP contribution in [0.15, 0.2) is 35.6 Å². The number of methoxy groups -OCH3 is 2. The number of aromatic hydroxyl groups is 1. The van der Waals surface area contributed by atoms with E-state index in [1.54, 1.807) is 7.11 Å². The molecule has 1 aliphatic carbocycles. The highest BCUT2D eigenvalue weighted by atomic mass is 16.5. The van der Waals surface area contributed by atoms with Gasteiger partial charge in [0.25, 0.3) is 0 Å². The van der Waals surface area contributed by atoms with Gasteiger partial charge in [-0.1, -0.05) is 19.1 Å². The summed E-state index contributed by atoms with van der Waals surface area (Å²) in [5.74, 6) is 0.298. The van der Waals surface area contributed by atoms with E-state index in [0.717, 1.165) is 48.5 Å². The Balaban J connectivity index is 1.82. The van der Waals surface area contributed by atoms with Crippen molar-refractivity contribution in [2.45, 2.75) is 37.6 Å². The molecular formula is C22H26N2O4. The minimum absolute atomic E-state index is 0.124. The Labute approximate surface area is 164 Å². The molecule has 0 saturated carbocycles. The third-order valence-electron chi connectivity index (χ3n) is 7.36. The van der Waals surface area contributed by atoms with Crippen molar-refractivity contribution in [1.29, 1.82) is 0 Å². The summed E-state index contributed by atoms with van der Waals surface area (Å²) in [6, 6.07) is 3.92. The number of nitrogens with one attached hydrogen (secondary N) is 1. The molecular weight excluding hydrogens is 356 g/mol. The minimum atomic E-state index is -0.346. The molecule has 1 aromatic rings. The molecule has 0 unspecified atom stereocenters. The predicted molar refractivity (Wildman–Crippen MR) is 105 cm³/mol. The zero-order valence-electron chi connectivity index (χ0n) is 16.5. The van der Waals surface area contributed by atoms with Gasteiger partial charge in [-0.2, -0.15) is 0 Å². The first kappa shape index (κ1) is 17.6. The number of fused-ring (bicyclic) bond motifs is 1. The van der Waals surface area contributed by atoms with Crippen molar-refractivity contribution in [3.8, 4) is 11.5 Å². The van der Waals surface area contributed by atoms with Crippen molar-refractivity contribution < 1.29 is 19.4 Å². The quantitative estimate of drug-likeness (QED) is 0.476. The van der Waals surface area contributed by atoms with Gasteiger partial charge in [0.15, 0.2) is 11.5 Å². The van der Waals surface area contributed by atoms with Crippen molar-refractivity contribution in [2.75, 3.05) is 32.6 Å². The number of nitrogens with zero attached hydrogens (tertiary/aromatic N) is 1. The molecule has 3 aliphatic heterocycles.